The Morgan fingerprint density at radius 2 is 1.89 bits per heavy atom. The number of benzene rings is 2. The molecule has 0 amide bonds. The number of anilines is 2. The van der Waals surface area contributed by atoms with Gasteiger partial charge in [-0.3, -0.25) is 0 Å². The van der Waals surface area contributed by atoms with Gasteiger partial charge in [-0.1, -0.05) is 0 Å². The standard InChI is InChI=1S/C14H11F2NO2/c1-8-6-10(3-4-11(8)14(18)19)17-13-7-9(15)2-5-12(13)16/h2-7,17H,1H3,(H,18,19). The van der Waals surface area contributed by atoms with Crippen LogP contribution in [0.4, 0.5) is 20.2 Å². The third-order valence-corrected chi connectivity index (χ3v) is 2.66. The van der Waals surface area contributed by atoms with E-state index in [1.807, 2.05) is 0 Å². The van der Waals surface area contributed by atoms with Crippen LogP contribution in [-0.4, -0.2) is 11.1 Å². The molecule has 2 rings (SSSR count). The van der Waals surface area contributed by atoms with Crippen molar-refractivity contribution in [3.05, 3.63) is 59.2 Å². The average Bonchev–Trinajstić information content (AvgIpc) is 2.33. The number of aryl methyl sites for hydroxylation is 1. The van der Waals surface area contributed by atoms with Crippen LogP contribution in [0.15, 0.2) is 36.4 Å². The minimum atomic E-state index is -1.03. The maximum absolute atomic E-state index is 13.4. The van der Waals surface area contributed by atoms with Gasteiger partial charge in [0.25, 0.3) is 0 Å². The number of carbonyl (C=O) groups is 1. The maximum Gasteiger partial charge on any atom is 0.335 e. The first kappa shape index (κ1) is 13.0. The third-order valence-electron chi connectivity index (χ3n) is 2.66. The number of carboxylic acids is 1. The van der Waals surface area contributed by atoms with E-state index in [1.54, 1.807) is 13.0 Å². The largest absolute Gasteiger partial charge is 0.478 e. The second kappa shape index (κ2) is 5.06. The van der Waals surface area contributed by atoms with Crippen LogP contribution in [0, 0.1) is 18.6 Å². The normalized spacial score (nSPS) is 10.3. The van der Waals surface area contributed by atoms with Crippen LogP contribution >= 0.6 is 0 Å². The first-order chi connectivity index (χ1) is 8.97. The van der Waals surface area contributed by atoms with Crippen molar-refractivity contribution >= 4 is 17.3 Å². The Morgan fingerprint density at radius 1 is 1.16 bits per heavy atom. The molecule has 0 aromatic heterocycles. The van der Waals surface area contributed by atoms with E-state index in [0.717, 1.165) is 18.2 Å². The molecule has 0 spiro atoms. The van der Waals surface area contributed by atoms with Crippen LogP contribution in [0.25, 0.3) is 0 Å². The summed E-state index contributed by atoms with van der Waals surface area (Å²) < 4.78 is 26.5. The molecule has 0 fully saturated rings. The Balaban J connectivity index is 2.31. The van der Waals surface area contributed by atoms with Gasteiger partial charge < -0.3 is 10.4 Å². The highest BCUT2D eigenvalue weighted by atomic mass is 19.1. The minimum absolute atomic E-state index is 0.00229. The molecule has 19 heavy (non-hydrogen) atoms. The van der Waals surface area contributed by atoms with Gasteiger partial charge in [-0.25, -0.2) is 13.6 Å². The Bertz CT molecular complexity index is 641. The number of aromatic carboxylic acids is 1. The summed E-state index contributed by atoms with van der Waals surface area (Å²) in [6.07, 6.45) is 0. The second-order valence-electron chi connectivity index (χ2n) is 4.08. The van der Waals surface area contributed by atoms with E-state index in [0.29, 0.717) is 11.3 Å². The first-order valence-corrected chi connectivity index (χ1v) is 5.53. The molecule has 0 aliphatic rings. The van der Waals surface area contributed by atoms with Gasteiger partial charge in [0, 0.05) is 11.8 Å². The van der Waals surface area contributed by atoms with E-state index in [4.69, 9.17) is 5.11 Å². The van der Waals surface area contributed by atoms with Gasteiger partial charge in [0.15, 0.2) is 0 Å². The highest BCUT2D eigenvalue weighted by Gasteiger charge is 2.09. The molecule has 0 unspecified atom stereocenters. The highest BCUT2D eigenvalue weighted by molar-refractivity contribution is 5.90. The number of hydrogen-bond acceptors (Lipinski definition) is 2. The van der Waals surface area contributed by atoms with Gasteiger partial charge in [-0.05, 0) is 42.8 Å². The molecule has 2 aromatic carbocycles. The quantitative estimate of drug-likeness (QED) is 0.887. The number of rotatable bonds is 3. The number of carboxylic acid groups (broad SMARTS) is 1. The van der Waals surface area contributed by atoms with Crippen LogP contribution in [0.1, 0.15) is 15.9 Å². The third kappa shape index (κ3) is 2.88. The smallest absolute Gasteiger partial charge is 0.335 e. The van der Waals surface area contributed by atoms with Crippen molar-refractivity contribution in [1.82, 2.24) is 0 Å². The fourth-order valence-electron chi connectivity index (χ4n) is 1.73. The van der Waals surface area contributed by atoms with E-state index < -0.39 is 17.6 Å². The van der Waals surface area contributed by atoms with Crippen molar-refractivity contribution in [2.45, 2.75) is 6.92 Å². The van der Waals surface area contributed by atoms with E-state index in [9.17, 15) is 13.6 Å². The van der Waals surface area contributed by atoms with Crippen LogP contribution < -0.4 is 5.32 Å². The molecule has 0 aliphatic carbocycles. The van der Waals surface area contributed by atoms with Crippen LogP contribution in [0.5, 0.6) is 0 Å². The molecule has 0 aliphatic heterocycles. The SMILES string of the molecule is Cc1cc(Nc2cc(F)ccc2F)ccc1C(=O)O. The van der Waals surface area contributed by atoms with Gasteiger partial charge in [0.1, 0.15) is 11.6 Å². The van der Waals surface area contributed by atoms with Gasteiger partial charge >= 0.3 is 5.97 Å². The Kier molecular flexibility index (Phi) is 3.46. The summed E-state index contributed by atoms with van der Waals surface area (Å²) in [5, 5.41) is 11.6. The zero-order chi connectivity index (χ0) is 14.0. The van der Waals surface area contributed by atoms with Crippen molar-refractivity contribution in [3.8, 4) is 0 Å². The van der Waals surface area contributed by atoms with Crippen molar-refractivity contribution < 1.29 is 18.7 Å². The number of halogens is 2. The average molecular weight is 263 g/mol. The fourth-order valence-corrected chi connectivity index (χ4v) is 1.73. The molecule has 0 saturated carbocycles. The molecule has 3 nitrogen and oxygen atoms in total. The first-order valence-electron chi connectivity index (χ1n) is 5.53. The van der Waals surface area contributed by atoms with Gasteiger partial charge in [-0.15, -0.1) is 0 Å². The molecule has 0 heterocycles. The summed E-state index contributed by atoms with van der Waals surface area (Å²) in [6.45, 7) is 1.64. The van der Waals surface area contributed by atoms with Crippen LogP contribution in [0.2, 0.25) is 0 Å². The Labute approximate surface area is 108 Å². The van der Waals surface area contributed by atoms with Crippen LogP contribution in [-0.2, 0) is 0 Å². The fraction of sp³-hybridized carbons (Fsp3) is 0.0714. The molecule has 2 aromatic rings. The number of nitrogens with one attached hydrogen (secondary N) is 1. The molecule has 5 heteroatoms. The summed E-state index contributed by atoms with van der Waals surface area (Å²) >= 11 is 0. The topological polar surface area (TPSA) is 49.3 Å². The van der Waals surface area contributed by atoms with Crippen molar-refractivity contribution in [3.63, 3.8) is 0 Å². The molecule has 0 radical (unpaired) electrons. The van der Waals surface area contributed by atoms with Gasteiger partial charge in [0.2, 0.25) is 0 Å². The van der Waals surface area contributed by atoms with E-state index >= 15 is 0 Å². The van der Waals surface area contributed by atoms with Crippen molar-refractivity contribution in [2.24, 2.45) is 0 Å². The molecular weight excluding hydrogens is 252 g/mol. The van der Waals surface area contributed by atoms with E-state index in [-0.39, 0.29) is 11.3 Å². The summed E-state index contributed by atoms with van der Waals surface area (Å²) in [7, 11) is 0. The van der Waals surface area contributed by atoms with Crippen molar-refractivity contribution in [2.75, 3.05) is 5.32 Å². The summed E-state index contributed by atoms with van der Waals surface area (Å²) in [4.78, 5) is 10.9. The Morgan fingerprint density at radius 3 is 2.53 bits per heavy atom. The lowest BCUT2D eigenvalue weighted by molar-refractivity contribution is 0.0696. The van der Waals surface area contributed by atoms with Crippen molar-refractivity contribution in [1.29, 1.82) is 0 Å². The van der Waals surface area contributed by atoms with E-state index in [1.165, 1.54) is 12.1 Å². The minimum Gasteiger partial charge on any atom is -0.478 e. The molecule has 0 atom stereocenters. The lowest BCUT2D eigenvalue weighted by Crippen LogP contribution is -2.01. The maximum atomic E-state index is 13.4. The lowest BCUT2D eigenvalue weighted by Gasteiger charge is -2.09. The zero-order valence-corrected chi connectivity index (χ0v) is 10.1. The van der Waals surface area contributed by atoms with Gasteiger partial charge in [-0.2, -0.15) is 0 Å². The second-order valence-corrected chi connectivity index (χ2v) is 4.08. The van der Waals surface area contributed by atoms with Gasteiger partial charge in [0.05, 0.1) is 11.3 Å². The molecule has 2 N–H and O–H groups in total. The van der Waals surface area contributed by atoms with Crippen LogP contribution in [0.3, 0.4) is 0 Å². The lowest BCUT2D eigenvalue weighted by atomic mass is 10.1. The summed E-state index contributed by atoms with van der Waals surface area (Å²) in [5.74, 6) is -2.16. The monoisotopic (exact) mass is 263 g/mol. The molecule has 98 valence electrons. The summed E-state index contributed by atoms with van der Waals surface area (Å²) in [6, 6.07) is 7.57. The Hall–Kier alpha value is -2.43. The molecule has 0 bridgehead atoms. The molecule has 0 saturated heterocycles. The highest BCUT2D eigenvalue weighted by Crippen LogP contribution is 2.23. The summed E-state index contributed by atoms with van der Waals surface area (Å²) in [5.41, 5.74) is 1.20. The molecular formula is C14H11F2NO2. The zero-order valence-electron chi connectivity index (χ0n) is 10.1. The predicted molar refractivity (Wildman–Crippen MR) is 67.8 cm³/mol. The predicted octanol–water partition coefficient (Wildman–Crippen LogP) is 3.72. The van der Waals surface area contributed by atoms with E-state index in [2.05, 4.69) is 5.32 Å². The number of hydrogen-bond donors (Lipinski definition) is 2.